The Morgan fingerprint density at radius 3 is 1.96 bits per heavy atom. The molecule has 0 aliphatic carbocycles. The quantitative estimate of drug-likeness (QED) is 0.590. The molecule has 1 fully saturated rings. The molecule has 4 rings (SSSR count). The molecular weight excluding hydrogens is 362 g/mol. The summed E-state index contributed by atoms with van der Waals surface area (Å²) in [5.74, 6) is 0.487. The van der Waals surface area contributed by atoms with Gasteiger partial charge in [-0.2, -0.15) is 0 Å². The fourth-order valence-electron chi connectivity index (χ4n) is 3.56. The second-order valence-electron chi connectivity index (χ2n) is 6.50. The van der Waals surface area contributed by atoms with Crippen molar-refractivity contribution in [2.45, 2.75) is 11.9 Å². The summed E-state index contributed by atoms with van der Waals surface area (Å²) >= 11 is 7.59. The smallest absolute Gasteiger partial charge is 0.185 e. The fourth-order valence-corrected chi connectivity index (χ4v) is 4.67. The fraction of sp³-hybridized carbons (Fsp3) is 0.286. The Hall–Kier alpha value is -1.88. The Labute approximate surface area is 163 Å². The third-order valence-electron chi connectivity index (χ3n) is 4.86. The average molecular weight is 384 g/mol. The van der Waals surface area contributed by atoms with Crippen LogP contribution in [0.5, 0.6) is 0 Å². The Morgan fingerprint density at radius 2 is 1.46 bits per heavy atom. The molecule has 0 atom stereocenters. The number of halogens is 1. The topological polar surface area (TPSA) is 19.4 Å². The molecule has 1 aliphatic rings. The maximum absolute atomic E-state index is 5.90. The number of nitrogens with zero attached hydrogens (tertiary/aromatic N) is 3. The van der Waals surface area contributed by atoms with E-state index in [0.29, 0.717) is 11.9 Å². The van der Waals surface area contributed by atoms with E-state index in [1.165, 1.54) is 11.1 Å². The van der Waals surface area contributed by atoms with Crippen LogP contribution in [0.2, 0.25) is 0 Å². The highest BCUT2D eigenvalue weighted by Gasteiger charge is 2.27. The van der Waals surface area contributed by atoms with E-state index < -0.39 is 0 Å². The predicted octanol–water partition coefficient (Wildman–Crippen LogP) is 4.79. The van der Waals surface area contributed by atoms with Crippen molar-refractivity contribution in [3.05, 3.63) is 82.9 Å². The van der Waals surface area contributed by atoms with Crippen LogP contribution in [0.3, 0.4) is 0 Å². The van der Waals surface area contributed by atoms with Crippen LogP contribution in [0, 0.1) is 0 Å². The molecule has 0 spiro atoms. The molecule has 0 saturated carbocycles. The minimum atomic E-state index is 0.300. The third-order valence-corrected chi connectivity index (χ3v) is 6.08. The number of hydrogen-bond donors (Lipinski definition) is 0. The van der Waals surface area contributed by atoms with Crippen molar-refractivity contribution in [2.75, 3.05) is 31.1 Å². The van der Waals surface area contributed by atoms with Gasteiger partial charge in [0.2, 0.25) is 0 Å². The highest BCUT2D eigenvalue weighted by molar-refractivity contribution is 7.13. The van der Waals surface area contributed by atoms with Gasteiger partial charge in [-0.3, -0.25) is 4.90 Å². The zero-order valence-electron chi connectivity index (χ0n) is 14.6. The number of alkyl halides is 1. The van der Waals surface area contributed by atoms with Gasteiger partial charge in [0.15, 0.2) is 5.13 Å². The van der Waals surface area contributed by atoms with Crippen molar-refractivity contribution in [3.63, 3.8) is 0 Å². The van der Waals surface area contributed by atoms with Crippen molar-refractivity contribution in [3.8, 4) is 0 Å². The lowest BCUT2D eigenvalue weighted by Crippen LogP contribution is -2.48. The monoisotopic (exact) mass is 383 g/mol. The number of piperazine rings is 1. The molecule has 134 valence electrons. The Kier molecular flexibility index (Phi) is 5.54. The van der Waals surface area contributed by atoms with E-state index in [4.69, 9.17) is 11.6 Å². The lowest BCUT2D eigenvalue weighted by Gasteiger charge is -2.39. The van der Waals surface area contributed by atoms with Crippen LogP contribution in [0.25, 0.3) is 0 Å². The summed E-state index contributed by atoms with van der Waals surface area (Å²) in [4.78, 5) is 9.59. The zero-order chi connectivity index (χ0) is 17.8. The van der Waals surface area contributed by atoms with Gasteiger partial charge in [0.05, 0.1) is 17.6 Å². The minimum Gasteiger partial charge on any atom is -0.346 e. The molecule has 0 bridgehead atoms. The van der Waals surface area contributed by atoms with Crippen LogP contribution in [-0.4, -0.2) is 36.1 Å². The van der Waals surface area contributed by atoms with E-state index in [1.807, 2.05) is 0 Å². The Balaban J connectivity index is 1.53. The number of anilines is 1. The zero-order valence-corrected chi connectivity index (χ0v) is 16.2. The Bertz CT molecular complexity index is 774. The maximum Gasteiger partial charge on any atom is 0.185 e. The molecule has 3 nitrogen and oxygen atoms in total. The second-order valence-corrected chi connectivity index (χ2v) is 7.61. The van der Waals surface area contributed by atoms with Crippen LogP contribution in [0.4, 0.5) is 5.13 Å². The van der Waals surface area contributed by atoms with Gasteiger partial charge in [-0.15, -0.1) is 22.9 Å². The van der Waals surface area contributed by atoms with E-state index in [2.05, 4.69) is 80.8 Å². The number of aromatic nitrogens is 1. The van der Waals surface area contributed by atoms with Crippen LogP contribution < -0.4 is 4.90 Å². The summed E-state index contributed by atoms with van der Waals surface area (Å²) in [5, 5.41) is 3.15. The first kappa shape index (κ1) is 17.5. The van der Waals surface area contributed by atoms with Crippen molar-refractivity contribution in [1.29, 1.82) is 0 Å². The average Bonchev–Trinajstić information content (AvgIpc) is 3.20. The van der Waals surface area contributed by atoms with E-state index in [0.717, 1.165) is 37.0 Å². The molecule has 0 unspecified atom stereocenters. The molecule has 1 saturated heterocycles. The van der Waals surface area contributed by atoms with Crippen molar-refractivity contribution >= 4 is 28.1 Å². The molecule has 2 heterocycles. The first-order valence-electron chi connectivity index (χ1n) is 8.94. The Morgan fingerprint density at radius 1 is 0.885 bits per heavy atom. The molecule has 0 amide bonds. The highest BCUT2D eigenvalue weighted by Crippen LogP contribution is 2.31. The molecule has 2 aromatic carbocycles. The number of rotatable bonds is 5. The van der Waals surface area contributed by atoms with Gasteiger partial charge in [-0.25, -0.2) is 4.98 Å². The van der Waals surface area contributed by atoms with Gasteiger partial charge < -0.3 is 4.90 Å². The molecule has 5 heteroatoms. The molecule has 1 aliphatic heterocycles. The van der Waals surface area contributed by atoms with Gasteiger partial charge in [-0.1, -0.05) is 60.7 Å². The van der Waals surface area contributed by atoms with Crippen molar-refractivity contribution < 1.29 is 0 Å². The molecule has 26 heavy (non-hydrogen) atoms. The van der Waals surface area contributed by atoms with Gasteiger partial charge >= 0.3 is 0 Å². The molecule has 0 radical (unpaired) electrons. The first-order valence-corrected chi connectivity index (χ1v) is 10.4. The molecule has 1 aromatic heterocycles. The maximum atomic E-state index is 5.90. The summed E-state index contributed by atoms with van der Waals surface area (Å²) in [5.41, 5.74) is 3.68. The van der Waals surface area contributed by atoms with Gasteiger partial charge in [-0.05, 0) is 11.1 Å². The SMILES string of the molecule is ClCc1csc(N2CCN(C(c3ccccc3)c3ccccc3)CC2)n1. The predicted molar refractivity (Wildman–Crippen MR) is 110 cm³/mol. The van der Waals surface area contributed by atoms with E-state index >= 15 is 0 Å². The van der Waals surface area contributed by atoms with Crippen LogP contribution in [0.1, 0.15) is 22.9 Å². The van der Waals surface area contributed by atoms with Gasteiger partial charge in [0.25, 0.3) is 0 Å². The summed E-state index contributed by atoms with van der Waals surface area (Å²) < 4.78 is 0. The van der Waals surface area contributed by atoms with Crippen molar-refractivity contribution in [1.82, 2.24) is 9.88 Å². The summed E-state index contributed by atoms with van der Waals surface area (Å²) in [7, 11) is 0. The van der Waals surface area contributed by atoms with E-state index in [-0.39, 0.29) is 0 Å². The minimum absolute atomic E-state index is 0.300. The van der Waals surface area contributed by atoms with Gasteiger partial charge in [0, 0.05) is 31.6 Å². The van der Waals surface area contributed by atoms with E-state index in [9.17, 15) is 0 Å². The van der Waals surface area contributed by atoms with E-state index in [1.54, 1.807) is 11.3 Å². The van der Waals surface area contributed by atoms with Crippen LogP contribution in [-0.2, 0) is 5.88 Å². The lowest BCUT2D eigenvalue weighted by molar-refractivity contribution is 0.212. The third kappa shape index (κ3) is 3.78. The largest absolute Gasteiger partial charge is 0.346 e. The summed E-state index contributed by atoms with van der Waals surface area (Å²) in [6.07, 6.45) is 0. The molecular formula is C21H22ClN3S. The molecule has 3 aromatic rings. The van der Waals surface area contributed by atoms with Crippen molar-refractivity contribution in [2.24, 2.45) is 0 Å². The number of thiazole rings is 1. The number of benzene rings is 2. The molecule has 0 N–H and O–H groups in total. The summed E-state index contributed by atoms with van der Waals surface area (Å²) in [6.45, 7) is 4.02. The number of hydrogen-bond acceptors (Lipinski definition) is 4. The van der Waals surface area contributed by atoms with Crippen LogP contribution in [0.15, 0.2) is 66.0 Å². The standard InChI is InChI=1S/C21H22ClN3S/c22-15-19-16-26-21(23-19)25-13-11-24(12-14-25)20(17-7-3-1-4-8-17)18-9-5-2-6-10-18/h1-10,16,20H,11-15H2. The summed E-state index contributed by atoms with van der Waals surface area (Å²) in [6, 6.07) is 21.9. The highest BCUT2D eigenvalue weighted by atomic mass is 35.5. The van der Waals surface area contributed by atoms with Crippen LogP contribution >= 0.6 is 22.9 Å². The van der Waals surface area contributed by atoms with Gasteiger partial charge in [0.1, 0.15) is 0 Å². The lowest BCUT2D eigenvalue weighted by atomic mass is 9.96. The first-order chi connectivity index (χ1) is 12.8. The second kappa shape index (κ2) is 8.21. The normalized spacial score (nSPS) is 15.5.